The maximum atomic E-state index is 15.4. The number of aryl methyl sites for hydroxylation is 1. The number of thioether (sulfide) groups is 1. The number of nitrogens with one attached hydrogen (secondary N) is 10. The molecule has 0 bridgehead atoms. The van der Waals surface area contributed by atoms with E-state index < -0.39 is 212 Å². The van der Waals surface area contributed by atoms with Crippen LogP contribution in [0.4, 0.5) is 5.69 Å². The van der Waals surface area contributed by atoms with E-state index >= 15 is 28.8 Å². The number of nitrogens with two attached hydrogens (primary N) is 1. The summed E-state index contributed by atoms with van der Waals surface area (Å²) in [5, 5.41) is 64.8. The van der Waals surface area contributed by atoms with E-state index in [0.29, 0.717) is 44.3 Å². The zero-order valence-corrected chi connectivity index (χ0v) is 75.2. The number of para-hydroxylation sites is 1. The second kappa shape index (κ2) is 49.8. The number of H-pyrrole nitrogens is 1. The van der Waals surface area contributed by atoms with E-state index in [0.717, 1.165) is 31.5 Å². The fourth-order valence-corrected chi connectivity index (χ4v) is 14.7. The fraction of sp³-hybridized carbons (Fsp3) is 0.402. The monoisotopic (exact) mass is 1810 g/mol. The average Bonchev–Trinajstić information content (AvgIpc) is 0.947. The number of benzene rings is 6. The number of phenols is 2. The number of aromatic nitrogens is 1. The molecule has 0 saturated carbocycles. The lowest BCUT2D eigenvalue weighted by Crippen LogP contribution is -2.61. The first-order valence-corrected chi connectivity index (χ1v) is 43.5. The number of carbonyl (C=O) groups excluding carboxylic acids is 15. The van der Waals surface area contributed by atoms with Gasteiger partial charge in [-0.25, -0.2) is 0 Å². The van der Waals surface area contributed by atoms with Crippen LogP contribution in [0.15, 0.2) is 164 Å². The van der Waals surface area contributed by atoms with Gasteiger partial charge in [0.1, 0.15) is 71.9 Å². The van der Waals surface area contributed by atoms with Gasteiger partial charge in [-0.3, -0.25) is 86.4 Å². The van der Waals surface area contributed by atoms with Gasteiger partial charge in [0.05, 0.1) is 38.4 Å². The Hall–Kier alpha value is -14.2. The summed E-state index contributed by atoms with van der Waals surface area (Å²) < 4.78 is 0. The smallest absolute Gasteiger partial charge is 0.305 e. The van der Waals surface area contributed by atoms with Crippen LogP contribution in [0, 0.1) is 18.8 Å². The van der Waals surface area contributed by atoms with Crippen LogP contribution in [-0.2, 0) is 114 Å². The molecule has 0 aliphatic rings. The summed E-state index contributed by atoms with van der Waals surface area (Å²) in [7, 11) is 4.97. The molecule has 38 heteroatoms. The number of fused-ring (bicyclic) bond motifs is 1. The highest BCUT2D eigenvalue weighted by Crippen LogP contribution is 2.27. The number of carboxylic acid groups (broad SMARTS) is 2. The average molecular weight is 1810 g/mol. The Kier molecular flexibility index (Phi) is 39.4. The lowest BCUT2D eigenvalue weighted by atomic mass is 9.98. The highest BCUT2D eigenvalue weighted by Gasteiger charge is 2.42. The molecule has 6 aromatic carbocycles. The SMILES string of the molecule is CSCC(=O)N[C@@H](Cc1ccccc1)C(=O)N(C)[C@@H](C)C(=O)N(c1cccc(C)c1)[C@@H](CCC(=O)O)C(=O)N(C)CC(=O)NC(CC(=O)O)C(=O)N[C@H](C(=O)N(C)[C@@H](Cc1ccccc1)C(=O)N[C@@H](Cc1ccc(O)cc1)C(=O)N(C)CC(=O)N[C@@H](Cc1c[nH]c2ccccc12)C(=O)N[C@@H](Cc1ccc(O)cc1)C(=O)NC(CC(C)C)C(=O)NCC(=O)NCC(N)=O)C(C)C. The number of carboxylic acids is 2. The number of likely N-dealkylation sites (N-methyl/N-ethyl adjacent to an activating group) is 4. The number of hydrogen-bond donors (Lipinski definition) is 15. The Bertz CT molecular complexity index is 5160. The van der Waals surface area contributed by atoms with Crippen LogP contribution in [0.25, 0.3) is 10.9 Å². The van der Waals surface area contributed by atoms with Crippen LogP contribution in [-0.4, -0.2) is 272 Å². The third-order valence-electron chi connectivity index (χ3n) is 21.4. The minimum Gasteiger partial charge on any atom is -0.508 e. The van der Waals surface area contributed by atoms with Gasteiger partial charge in [-0.15, -0.1) is 0 Å². The standard InChI is InChI=1S/C92H116N16O21S/c1-53(2)39-67(83(120)96-49-76(112)95-48-75(93)111)100-84(121)68(41-59-29-33-63(109)34-30-59)101-85(122)69(45-61-47-94-66-28-19-18-27-65(61)66)97-77(113)50-104(7)89(126)71(43-60-31-35-64(110)36-32-60)102-87(124)74(44-58-24-16-13-17-25-58)107(10)92(129)82(54(3)4)103-86(123)70(46-81(118)119)98-78(114)51-105(8)91(128)73(37-38-80(116)117)108(62-26-20-21-55(5)40-62)88(125)56(6)106(9)90(127)72(99-79(115)52-130-11)42-57-22-14-12-15-23-57/h12-36,40,47,53-54,56,67-74,82,94,109-110H,37-39,41-46,48-52H2,1-11H3,(H2,93,111)(H,95,112)(H,96,120)(H,97,113)(H,98,114)(H,99,115)(H,100,121)(H,101,122)(H,102,124)(H,103,123)(H,116,117)(H,118,119)/t56-,67?,68-,69-,70?,71-,72-,73-,74-,82-/m0/s1. The van der Waals surface area contributed by atoms with Crippen molar-refractivity contribution in [1.82, 2.24) is 72.4 Å². The first kappa shape index (κ1) is 103. The van der Waals surface area contributed by atoms with Crippen molar-refractivity contribution in [2.24, 2.45) is 17.6 Å². The molecule has 7 rings (SSSR count). The Morgan fingerprint density at radius 3 is 1.49 bits per heavy atom. The molecule has 0 aliphatic carbocycles. The molecule has 130 heavy (non-hydrogen) atoms. The van der Waals surface area contributed by atoms with Crippen LogP contribution in [0.2, 0.25) is 0 Å². The van der Waals surface area contributed by atoms with Crippen LogP contribution < -0.4 is 58.5 Å². The lowest BCUT2D eigenvalue weighted by Gasteiger charge is -2.37. The molecule has 2 unspecified atom stereocenters. The van der Waals surface area contributed by atoms with Crippen molar-refractivity contribution < 1.29 is 102 Å². The van der Waals surface area contributed by atoms with Gasteiger partial charge >= 0.3 is 11.9 Å². The summed E-state index contributed by atoms with van der Waals surface area (Å²) >= 11 is 1.22. The van der Waals surface area contributed by atoms with Crippen molar-refractivity contribution in [2.75, 3.05) is 71.3 Å². The van der Waals surface area contributed by atoms with E-state index in [9.17, 15) is 73.2 Å². The number of aromatic hydroxyl groups is 2. The van der Waals surface area contributed by atoms with E-state index in [4.69, 9.17) is 5.73 Å². The van der Waals surface area contributed by atoms with E-state index in [1.165, 1.54) is 108 Å². The van der Waals surface area contributed by atoms with Crippen LogP contribution in [0.5, 0.6) is 11.5 Å². The Balaban J connectivity index is 1.13. The summed E-state index contributed by atoms with van der Waals surface area (Å²) in [5.41, 5.74) is 9.03. The molecule has 15 amide bonds. The van der Waals surface area contributed by atoms with Crippen molar-refractivity contribution in [2.45, 2.75) is 160 Å². The maximum absolute atomic E-state index is 15.4. The van der Waals surface area contributed by atoms with Gasteiger partial charge in [0, 0.05) is 89.5 Å². The summed E-state index contributed by atoms with van der Waals surface area (Å²) in [4.78, 5) is 248. The number of anilines is 1. The Morgan fingerprint density at radius 1 is 0.446 bits per heavy atom. The highest BCUT2D eigenvalue weighted by atomic mass is 32.2. The molecule has 7 aromatic rings. The van der Waals surface area contributed by atoms with Gasteiger partial charge in [0.2, 0.25) is 88.6 Å². The lowest BCUT2D eigenvalue weighted by molar-refractivity contribution is -0.145. The molecule has 16 N–H and O–H groups in total. The molecule has 0 radical (unpaired) electrons. The number of rotatable bonds is 49. The third kappa shape index (κ3) is 31.7. The number of amides is 15. The van der Waals surface area contributed by atoms with Gasteiger partial charge in [-0.1, -0.05) is 143 Å². The first-order valence-electron chi connectivity index (χ1n) is 42.1. The first-order chi connectivity index (χ1) is 61.6. The van der Waals surface area contributed by atoms with Gasteiger partial charge in [0.15, 0.2) is 0 Å². The van der Waals surface area contributed by atoms with Gasteiger partial charge in [-0.2, -0.15) is 11.8 Å². The van der Waals surface area contributed by atoms with Crippen molar-refractivity contribution in [3.05, 3.63) is 197 Å². The predicted octanol–water partition coefficient (Wildman–Crippen LogP) is 1.91. The maximum Gasteiger partial charge on any atom is 0.305 e. The number of nitrogens with zero attached hydrogens (tertiary/aromatic N) is 5. The van der Waals surface area contributed by atoms with Gasteiger partial charge < -0.3 is 98.6 Å². The van der Waals surface area contributed by atoms with Crippen LogP contribution in [0.1, 0.15) is 93.7 Å². The minimum atomic E-state index is -1.99. The number of phenolic OH excluding ortho intramolecular Hbond substituents is 2. The molecule has 0 spiro atoms. The van der Waals surface area contributed by atoms with Gasteiger partial charge in [-0.05, 0) is 121 Å². The van der Waals surface area contributed by atoms with Crippen molar-refractivity contribution in [3.63, 3.8) is 0 Å². The van der Waals surface area contributed by atoms with Crippen molar-refractivity contribution in [3.8, 4) is 11.5 Å². The number of hydrogen-bond acceptors (Lipinski definition) is 20. The molecule has 0 aliphatic heterocycles. The highest BCUT2D eigenvalue weighted by molar-refractivity contribution is 7.99. The summed E-state index contributed by atoms with van der Waals surface area (Å²) in [6.07, 6.45) is 0.0258. The molecule has 0 fully saturated rings. The van der Waals surface area contributed by atoms with Crippen LogP contribution >= 0.6 is 11.8 Å². The molecular weight excluding hydrogens is 1700 g/mol. The number of aromatic amines is 1. The van der Waals surface area contributed by atoms with Gasteiger partial charge in [0.25, 0.3) is 0 Å². The molecule has 37 nitrogen and oxygen atoms in total. The summed E-state index contributed by atoms with van der Waals surface area (Å²) in [6.45, 7) is 6.85. The number of carbonyl (C=O) groups is 17. The molecule has 1 heterocycles. The molecular formula is C92H116N16O21S. The third-order valence-corrected chi connectivity index (χ3v) is 21.9. The number of primary amides is 1. The van der Waals surface area contributed by atoms with Crippen molar-refractivity contribution >= 4 is 129 Å². The largest absolute Gasteiger partial charge is 0.508 e. The van der Waals surface area contributed by atoms with E-state index in [2.05, 4.69) is 52.8 Å². The number of aliphatic carboxylic acids is 2. The minimum absolute atomic E-state index is 0.0146. The molecule has 0 saturated heterocycles. The summed E-state index contributed by atoms with van der Waals surface area (Å²) in [6, 6.07) is 26.5. The second-order valence-corrected chi connectivity index (χ2v) is 33.4. The van der Waals surface area contributed by atoms with E-state index in [1.807, 2.05) is 0 Å². The zero-order chi connectivity index (χ0) is 95.8. The quantitative estimate of drug-likeness (QED) is 0.0259. The van der Waals surface area contributed by atoms with E-state index in [-0.39, 0.29) is 67.4 Å². The second-order valence-electron chi connectivity index (χ2n) is 32.6. The molecule has 696 valence electrons. The zero-order valence-electron chi connectivity index (χ0n) is 74.4. The normalized spacial score (nSPS) is 13.4. The van der Waals surface area contributed by atoms with Crippen molar-refractivity contribution in [1.29, 1.82) is 0 Å². The Labute approximate surface area is 756 Å². The molecule has 1 aromatic heterocycles. The Morgan fingerprint density at radius 2 is 0.946 bits per heavy atom. The fourth-order valence-electron chi connectivity index (χ4n) is 14.4. The predicted molar refractivity (Wildman–Crippen MR) is 483 cm³/mol. The topological polar surface area (TPSA) is 537 Å². The molecule has 10 atom stereocenters. The van der Waals surface area contributed by atoms with E-state index in [1.54, 1.807) is 136 Å². The van der Waals surface area contributed by atoms with Crippen LogP contribution in [0.3, 0.4) is 0 Å². The summed E-state index contributed by atoms with van der Waals surface area (Å²) in [5.74, 6) is -17.6.